The highest BCUT2D eigenvalue weighted by Crippen LogP contribution is 2.20. The highest BCUT2D eigenvalue weighted by atomic mass is 16.6. The summed E-state index contributed by atoms with van der Waals surface area (Å²) in [4.78, 5) is 66.6. The lowest BCUT2D eigenvalue weighted by Gasteiger charge is -2.36. The number of aromatic nitrogens is 2. The van der Waals surface area contributed by atoms with E-state index in [1.807, 2.05) is 6.07 Å². The average Bonchev–Trinajstić information content (AvgIpc) is 3.42. The van der Waals surface area contributed by atoms with E-state index in [1.54, 1.807) is 58.9 Å². The number of rotatable bonds is 12. The van der Waals surface area contributed by atoms with Crippen molar-refractivity contribution in [3.63, 3.8) is 0 Å². The van der Waals surface area contributed by atoms with Crippen LogP contribution in [0.1, 0.15) is 57.9 Å². The second-order valence-corrected chi connectivity index (χ2v) is 10.9. The van der Waals surface area contributed by atoms with Gasteiger partial charge in [0.2, 0.25) is 11.8 Å². The summed E-state index contributed by atoms with van der Waals surface area (Å²) in [5.41, 5.74) is -0.217. The van der Waals surface area contributed by atoms with Crippen LogP contribution in [-0.2, 0) is 28.6 Å². The van der Waals surface area contributed by atoms with Crippen LogP contribution in [0.5, 0.6) is 5.88 Å². The number of nitrogens with zero attached hydrogens (tertiary/aromatic N) is 4. The van der Waals surface area contributed by atoms with E-state index >= 15 is 0 Å². The van der Waals surface area contributed by atoms with E-state index in [2.05, 4.69) is 10.4 Å². The molecule has 0 saturated carbocycles. The van der Waals surface area contributed by atoms with Crippen LogP contribution in [-0.4, -0.2) is 107 Å². The second-order valence-electron chi connectivity index (χ2n) is 10.9. The summed E-state index contributed by atoms with van der Waals surface area (Å²) in [6.45, 7) is 9.62. The van der Waals surface area contributed by atoms with Gasteiger partial charge in [0.05, 0.1) is 18.9 Å². The number of esters is 2. The maximum absolute atomic E-state index is 13.6. The molecule has 0 aliphatic carbocycles. The number of benzene rings is 1. The van der Waals surface area contributed by atoms with E-state index in [9.17, 15) is 24.0 Å². The van der Waals surface area contributed by atoms with Gasteiger partial charge in [0.25, 0.3) is 5.91 Å². The molecule has 1 atom stereocenters. The molecule has 1 aromatic heterocycles. The molecule has 1 fully saturated rings. The fraction of sp³-hybridized carbons (Fsp3) is 0.533. The van der Waals surface area contributed by atoms with Gasteiger partial charge < -0.3 is 34.1 Å². The van der Waals surface area contributed by atoms with Gasteiger partial charge in [-0.15, -0.1) is 0 Å². The van der Waals surface area contributed by atoms with E-state index < -0.39 is 48.1 Å². The van der Waals surface area contributed by atoms with Crippen LogP contribution >= 0.6 is 0 Å². The fourth-order valence-electron chi connectivity index (χ4n) is 4.36. The molecule has 14 nitrogen and oxygen atoms in total. The zero-order valence-corrected chi connectivity index (χ0v) is 25.9. The Balaban J connectivity index is 1.80. The Morgan fingerprint density at radius 1 is 0.909 bits per heavy atom. The van der Waals surface area contributed by atoms with Crippen LogP contribution < -0.4 is 10.1 Å². The molecule has 2 aromatic rings. The predicted octanol–water partition coefficient (Wildman–Crippen LogP) is 2.34. The summed E-state index contributed by atoms with van der Waals surface area (Å²) in [6, 6.07) is 9.12. The maximum atomic E-state index is 13.6. The summed E-state index contributed by atoms with van der Waals surface area (Å²) in [7, 11) is 0. The summed E-state index contributed by atoms with van der Waals surface area (Å²) in [5, 5.41) is 7.09. The largest absolute Gasteiger partial charge is 0.466 e. The average molecular weight is 616 g/mol. The Kier molecular flexibility index (Phi) is 12.1. The van der Waals surface area contributed by atoms with Crippen molar-refractivity contribution < 1.29 is 42.9 Å². The van der Waals surface area contributed by atoms with Crippen LogP contribution in [0.4, 0.5) is 4.79 Å². The van der Waals surface area contributed by atoms with Gasteiger partial charge in [-0.2, -0.15) is 5.10 Å². The van der Waals surface area contributed by atoms with E-state index in [-0.39, 0.29) is 63.8 Å². The maximum Gasteiger partial charge on any atom is 0.409 e. The molecule has 0 spiro atoms. The number of hydrogen-bond donors (Lipinski definition) is 1. The van der Waals surface area contributed by atoms with Gasteiger partial charge in [-0.05, 0) is 53.2 Å². The van der Waals surface area contributed by atoms with Crippen molar-refractivity contribution in [2.75, 3.05) is 46.0 Å². The lowest BCUT2D eigenvalue weighted by atomic mass is 10.1. The number of ether oxygens (including phenoxy) is 4. The van der Waals surface area contributed by atoms with Gasteiger partial charge in [0.15, 0.2) is 12.3 Å². The normalized spacial score (nSPS) is 13.9. The molecule has 3 amide bonds. The first-order valence-electron chi connectivity index (χ1n) is 14.6. The van der Waals surface area contributed by atoms with Crippen LogP contribution in [0.3, 0.4) is 0 Å². The summed E-state index contributed by atoms with van der Waals surface area (Å²) in [6.07, 6.45) is -0.601. The first-order valence-corrected chi connectivity index (χ1v) is 14.6. The van der Waals surface area contributed by atoms with E-state index in [0.717, 1.165) is 0 Å². The summed E-state index contributed by atoms with van der Waals surface area (Å²) >= 11 is 0. The Hall–Kier alpha value is -4.62. The number of carbonyl (C=O) groups excluding carboxylic acids is 5. The van der Waals surface area contributed by atoms with Crippen LogP contribution in [0.15, 0.2) is 36.4 Å². The van der Waals surface area contributed by atoms with Crippen molar-refractivity contribution in [1.82, 2.24) is 24.9 Å². The Morgan fingerprint density at radius 3 is 2.16 bits per heavy atom. The van der Waals surface area contributed by atoms with Crippen molar-refractivity contribution in [3.8, 4) is 11.6 Å². The molecule has 1 N–H and O–H groups in total. The van der Waals surface area contributed by atoms with Gasteiger partial charge in [0, 0.05) is 38.7 Å². The minimum absolute atomic E-state index is 0.0246. The SMILES string of the molecule is CCOC(=O)COc1cc(C(=O)N[C@@H](CCC(=O)OC(C)(C)C)C(=O)N2CCN(C(=O)OCC)CC2)nn1-c1ccccc1. The number of para-hydroxylation sites is 1. The topological polar surface area (TPSA) is 159 Å². The standard InChI is InChI=1S/C30H41N5O9/c1-6-41-26(37)20-43-24-19-23(32-35(24)21-11-9-8-10-12-21)27(38)31-22(13-14-25(36)44-30(3,4)5)28(39)33-15-17-34(18-16-33)29(40)42-7-2/h8-12,19,22H,6-7,13-18,20H2,1-5H3,(H,31,38)/t22-/m0/s1. The zero-order valence-electron chi connectivity index (χ0n) is 25.9. The minimum atomic E-state index is -1.09. The summed E-state index contributed by atoms with van der Waals surface area (Å²) < 4.78 is 22.4. The molecular formula is C30H41N5O9. The van der Waals surface area contributed by atoms with Crippen molar-refractivity contribution in [1.29, 1.82) is 0 Å². The van der Waals surface area contributed by atoms with Crippen LogP contribution in [0.25, 0.3) is 5.69 Å². The number of hydrogen-bond acceptors (Lipinski definition) is 10. The van der Waals surface area contributed by atoms with Gasteiger partial charge in [-0.25, -0.2) is 14.3 Å². The number of nitrogens with one attached hydrogen (secondary N) is 1. The molecule has 1 aliphatic heterocycles. The third-order valence-corrected chi connectivity index (χ3v) is 6.33. The van der Waals surface area contributed by atoms with Crippen molar-refractivity contribution in [2.45, 2.75) is 59.1 Å². The number of amides is 3. The molecule has 0 bridgehead atoms. The van der Waals surface area contributed by atoms with Crippen molar-refractivity contribution >= 4 is 29.8 Å². The molecule has 1 aromatic carbocycles. The second kappa shape index (κ2) is 15.7. The number of carbonyl (C=O) groups is 5. The van der Waals surface area contributed by atoms with Crippen LogP contribution in [0.2, 0.25) is 0 Å². The smallest absolute Gasteiger partial charge is 0.409 e. The predicted molar refractivity (Wildman–Crippen MR) is 157 cm³/mol. The van der Waals surface area contributed by atoms with Crippen molar-refractivity contribution in [2.24, 2.45) is 0 Å². The van der Waals surface area contributed by atoms with E-state index in [4.69, 9.17) is 18.9 Å². The third kappa shape index (κ3) is 9.99. The Labute approximate surface area is 256 Å². The van der Waals surface area contributed by atoms with Gasteiger partial charge in [-0.1, -0.05) is 18.2 Å². The lowest BCUT2D eigenvalue weighted by molar-refractivity contribution is -0.155. The highest BCUT2D eigenvalue weighted by molar-refractivity contribution is 5.96. The summed E-state index contributed by atoms with van der Waals surface area (Å²) in [5.74, 6) is -2.09. The zero-order chi connectivity index (χ0) is 32.3. The van der Waals surface area contributed by atoms with Gasteiger partial charge >= 0.3 is 18.0 Å². The van der Waals surface area contributed by atoms with E-state index in [1.165, 1.54) is 20.5 Å². The lowest BCUT2D eigenvalue weighted by Crippen LogP contribution is -2.56. The first-order chi connectivity index (χ1) is 20.9. The minimum Gasteiger partial charge on any atom is -0.466 e. The monoisotopic (exact) mass is 615 g/mol. The molecule has 0 radical (unpaired) electrons. The molecule has 3 rings (SSSR count). The third-order valence-electron chi connectivity index (χ3n) is 6.33. The molecule has 44 heavy (non-hydrogen) atoms. The molecule has 2 heterocycles. The molecule has 1 saturated heterocycles. The molecule has 14 heteroatoms. The van der Waals surface area contributed by atoms with Crippen LogP contribution in [0, 0.1) is 0 Å². The quantitative estimate of drug-likeness (QED) is 0.277. The van der Waals surface area contributed by atoms with Gasteiger partial charge in [0.1, 0.15) is 11.6 Å². The molecule has 240 valence electrons. The molecule has 1 aliphatic rings. The molecule has 0 unspecified atom stereocenters. The van der Waals surface area contributed by atoms with E-state index in [0.29, 0.717) is 5.69 Å². The first kappa shape index (κ1) is 33.9. The number of piperazine rings is 1. The molecular weight excluding hydrogens is 574 g/mol. The van der Waals surface area contributed by atoms with Gasteiger partial charge in [-0.3, -0.25) is 14.4 Å². The van der Waals surface area contributed by atoms with Crippen molar-refractivity contribution in [3.05, 3.63) is 42.1 Å². The fourth-order valence-corrected chi connectivity index (χ4v) is 4.36. The highest BCUT2D eigenvalue weighted by Gasteiger charge is 2.32. The Morgan fingerprint density at radius 2 is 1.55 bits per heavy atom. The Bertz CT molecular complexity index is 1300.